The van der Waals surface area contributed by atoms with Crippen molar-refractivity contribution in [1.29, 1.82) is 0 Å². The van der Waals surface area contributed by atoms with Crippen LogP contribution in [-0.4, -0.2) is 52.0 Å². The number of hydrogen-bond acceptors (Lipinski definition) is 6. The zero-order chi connectivity index (χ0) is 27.2. The molecule has 0 bridgehead atoms. The van der Waals surface area contributed by atoms with Crippen molar-refractivity contribution in [1.82, 2.24) is 19.4 Å². The lowest BCUT2D eigenvalue weighted by molar-refractivity contribution is -0.114. The van der Waals surface area contributed by atoms with E-state index in [0.29, 0.717) is 40.7 Å². The second kappa shape index (κ2) is 13.1. The van der Waals surface area contributed by atoms with Crippen LogP contribution < -0.4 is 16.2 Å². The monoisotopic (exact) mass is 550 g/mol. The molecule has 2 heterocycles. The van der Waals surface area contributed by atoms with Gasteiger partial charge in [0.15, 0.2) is 0 Å². The molecule has 0 aliphatic carbocycles. The Morgan fingerprint density at radius 2 is 1.74 bits per heavy atom. The number of benzene rings is 2. The van der Waals surface area contributed by atoms with Crippen LogP contribution in [0, 0.1) is 5.82 Å². The number of nitrogens with one attached hydrogen (secondary N) is 2. The summed E-state index contributed by atoms with van der Waals surface area (Å²) in [5.41, 5.74) is 2.79. The minimum atomic E-state index is -0.400. The van der Waals surface area contributed by atoms with Gasteiger partial charge < -0.3 is 15.5 Å². The zero-order valence-corrected chi connectivity index (χ0v) is 23.1. The molecule has 0 fully saturated rings. The van der Waals surface area contributed by atoms with Crippen molar-refractivity contribution >= 4 is 30.1 Å². The Hall–Kier alpha value is -4.08. The predicted molar refractivity (Wildman–Crippen MR) is 156 cm³/mol. The number of rotatable bonds is 9. The molecule has 8 nitrogen and oxygen atoms in total. The minimum absolute atomic E-state index is 0. The third kappa shape index (κ3) is 7.28. The lowest BCUT2D eigenvalue weighted by atomic mass is 10.0. The van der Waals surface area contributed by atoms with Gasteiger partial charge in [-0.25, -0.2) is 14.4 Å². The summed E-state index contributed by atoms with van der Waals surface area (Å²) in [5, 5.41) is 6.03. The maximum absolute atomic E-state index is 13.7. The highest BCUT2D eigenvalue weighted by Gasteiger charge is 2.20. The quantitative estimate of drug-likeness (QED) is 0.316. The van der Waals surface area contributed by atoms with Gasteiger partial charge in [-0.15, -0.1) is 12.4 Å². The van der Waals surface area contributed by atoms with Gasteiger partial charge in [-0.3, -0.25) is 14.2 Å². The number of likely N-dealkylation sites (N-methyl/N-ethyl adjacent to an activating group) is 1. The van der Waals surface area contributed by atoms with E-state index >= 15 is 0 Å². The molecular formula is C29H32ClFN6O2. The topological polar surface area (TPSA) is 92.2 Å². The molecule has 39 heavy (non-hydrogen) atoms. The first-order valence-electron chi connectivity index (χ1n) is 12.3. The van der Waals surface area contributed by atoms with Gasteiger partial charge >= 0.3 is 0 Å². The molecule has 0 aliphatic heterocycles. The van der Waals surface area contributed by atoms with Crippen molar-refractivity contribution in [3.63, 3.8) is 0 Å². The number of pyridine rings is 1. The fourth-order valence-electron chi connectivity index (χ4n) is 4.20. The van der Waals surface area contributed by atoms with Gasteiger partial charge in [0, 0.05) is 38.3 Å². The molecule has 204 valence electrons. The number of anilines is 2. The summed E-state index contributed by atoms with van der Waals surface area (Å²) < 4.78 is 15.1. The van der Waals surface area contributed by atoms with Crippen LogP contribution in [0.15, 0.2) is 77.7 Å². The van der Waals surface area contributed by atoms with Gasteiger partial charge in [-0.1, -0.05) is 42.5 Å². The first-order chi connectivity index (χ1) is 18.2. The van der Waals surface area contributed by atoms with Gasteiger partial charge in [-0.2, -0.15) is 0 Å². The SMILES string of the molecule is CC(=O)Nc1cc(-c2nc(NC[C@@H](Cc3ccccc3)N(C)C)n(C)c(=O)c2-c2ccc(F)cc2)ccn1.Cl. The Bertz CT molecular complexity index is 1480. The normalized spacial score (nSPS) is 11.5. The maximum Gasteiger partial charge on any atom is 0.263 e. The summed E-state index contributed by atoms with van der Waals surface area (Å²) in [6, 6.07) is 19.5. The number of halogens is 2. The van der Waals surface area contributed by atoms with E-state index in [1.807, 2.05) is 32.3 Å². The third-order valence-electron chi connectivity index (χ3n) is 6.30. The van der Waals surface area contributed by atoms with Gasteiger partial charge in [0.1, 0.15) is 11.6 Å². The summed E-state index contributed by atoms with van der Waals surface area (Å²) in [6.45, 7) is 1.94. The molecule has 2 aromatic carbocycles. The molecule has 4 aromatic rings. The highest BCUT2D eigenvalue weighted by Crippen LogP contribution is 2.30. The molecule has 0 aliphatic rings. The molecule has 0 saturated carbocycles. The average Bonchev–Trinajstić information content (AvgIpc) is 2.89. The third-order valence-corrected chi connectivity index (χ3v) is 6.30. The first-order valence-corrected chi connectivity index (χ1v) is 12.3. The largest absolute Gasteiger partial charge is 0.354 e. The number of carbonyl (C=O) groups excluding carboxylic acids is 1. The van der Waals surface area contributed by atoms with E-state index in [4.69, 9.17) is 4.98 Å². The molecule has 10 heteroatoms. The van der Waals surface area contributed by atoms with Crippen LogP contribution in [0.2, 0.25) is 0 Å². The standard InChI is InChI=1S/C29H31FN6O2.ClH/c1-19(37)33-25-17-22(14-15-31-25)27-26(21-10-12-23(30)13-11-21)28(38)36(4)29(34-27)32-18-24(35(2)3)16-20-8-6-5-7-9-20;/h5-15,17,24H,16,18H2,1-4H3,(H,32,34)(H,31,33,37);1H/t24-;/m1./s1. The molecule has 1 amide bonds. The summed E-state index contributed by atoms with van der Waals surface area (Å²) >= 11 is 0. The van der Waals surface area contributed by atoms with Crippen LogP contribution in [0.1, 0.15) is 12.5 Å². The lowest BCUT2D eigenvalue weighted by Gasteiger charge is -2.26. The Balaban J connectivity index is 0.00000420. The summed E-state index contributed by atoms with van der Waals surface area (Å²) in [5.74, 6) is 0.0745. The number of nitrogens with zero attached hydrogens (tertiary/aromatic N) is 4. The molecule has 0 spiro atoms. The van der Waals surface area contributed by atoms with Crippen LogP contribution in [-0.2, 0) is 18.3 Å². The van der Waals surface area contributed by atoms with Crippen LogP contribution in [0.25, 0.3) is 22.4 Å². The minimum Gasteiger partial charge on any atom is -0.354 e. The number of aromatic nitrogens is 3. The van der Waals surface area contributed by atoms with E-state index in [0.717, 1.165) is 6.42 Å². The summed E-state index contributed by atoms with van der Waals surface area (Å²) in [4.78, 5) is 36.5. The Labute approximate surface area is 233 Å². The second-order valence-corrected chi connectivity index (χ2v) is 9.33. The smallest absolute Gasteiger partial charge is 0.263 e. The summed E-state index contributed by atoms with van der Waals surface area (Å²) in [6.07, 6.45) is 2.36. The van der Waals surface area contributed by atoms with Crippen LogP contribution in [0.4, 0.5) is 16.2 Å². The fourth-order valence-corrected chi connectivity index (χ4v) is 4.20. The van der Waals surface area contributed by atoms with Gasteiger partial charge in [0.25, 0.3) is 5.56 Å². The van der Waals surface area contributed by atoms with Crippen molar-refractivity contribution in [3.05, 3.63) is 94.7 Å². The Morgan fingerprint density at radius 3 is 2.38 bits per heavy atom. The predicted octanol–water partition coefficient (Wildman–Crippen LogP) is 4.61. The first kappa shape index (κ1) is 29.5. The second-order valence-electron chi connectivity index (χ2n) is 9.33. The van der Waals surface area contributed by atoms with Crippen molar-refractivity contribution < 1.29 is 9.18 Å². The van der Waals surface area contributed by atoms with Crippen LogP contribution in [0.5, 0.6) is 0 Å². The van der Waals surface area contributed by atoms with Crippen molar-refractivity contribution in [3.8, 4) is 22.4 Å². The van der Waals surface area contributed by atoms with Crippen molar-refractivity contribution in [2.24, 2.45) is 7.05 Å². The van der Waals surface area contributed by atoms with E-state index in [-0.39, 0.29) is 29.9 Å². The summed E-state index contributed by atoms with van der Waals surface area (Å²) in [7, 11) is 5.70. The molecule has 2 N–H and O–H groups in total. The highest BCUT2D eigenvalue weighted by molar-refractivity contribution is 5.89. The molecule has 4 rings (SSSR count). The Morgan fingerprint density at radius 1 is 1.05 bits per heavy atom. The molecule has 0 unspecified atom stereocenters. The number of hydrogen-bond donors (Lipinski definition) is 2. The average molecular weight is 551 g/mol. The molecule has 1 atom stereocenters. The molecule has 0 radical (unpaired) electrons. The van der Waals surface area contributed by atoms with Crippen LogP contribution >= 0.6 is 12.4 Å². The Kier molecular flexibility index (Phi) is 9.92. The molecule has 2 aromatic heterocycles. The number of carbonyl (C=O) groups is 1. The van der Waals surface area contributed by atoms with E-state index in [1.54, 1.807) is 37.5 Å². The van der Waals surface area contributed by atoms with Crippen molar-refractivity contribution in [2.45, 2.75) is 19.4 Å². The lowest BCUT2D eigenvalue weighted by Crippen LogP contribution is -2.37. The van der Waals surface area contributed by atoms with E-state index in [1.165, 1.54) is 29.2 Å². The van der Waals surface area contributed by atoms with E-state index in [9.17, 15) is 14.0 Å². The fraction of sp³-hybridized carbons (Fsp3) is 0.241. The maximum atomic E-state index is 13.7. The van der Waals surface area contributed by atoms with Gasteiger partial charge in [-0.05, 0) is 55.9 Å². The van der Waals surface area contributed by atoms with Crippen LogP contribution in [0.3, 0.4) is 0 Å². The molecule has 0 saturated heterocycles. The highest BCUT2D eigenvalue weighted by atomic mass is 35.5. The van der Waals surface area contributed by atoms with Crippen molar-refractivity contribution in [2.75, 3.05) is 31.3 Å². The number of amides is 1. The van der Waals surface area contributed by atoms with Gasteiger partial charge in [0.2, 0.25) is 11.9 Å². The van der Waals surface area contributed by atoms with E-state index in [2.05, 4.69) is 32.7 Å². The van der Waals surface area contributed by atoms with Gasteiger partial charge in [0.05, 0.1) is 11.3 Å². The zero-order valence-electron chi connectivity index (χ0n) is 22.3. The van der Waals surface area contributed by atoms with E-state index < -0.39 is 5.82 Å². The molecular weight excluding hydrogens is 519 g/mol.